The molecule has 0 unspecified atom stereocenters. The molecule has 82 valence electrons. The lowest BCUT2D eigenvalue weighted by atomic mass is 9.89. The van der Waals surface area contributed by atoms with Gasteiger partial charge in [0.2, 0.25) is 0 Å². The topological polar surface area (TPSA) is 54.0 Å². The van der Waals surface area contributed by atoms with Crippen molar-refractivity contribution >= 4 is 5.65 Å². The lowest BCUT2D eigenvalue weighted by Crippen LogP contribution is -2.14. The molecule has 0 atom stereocenters. The van der Waals surface area contributed by atoms with Crippen LogP contribution in [0.4, 0.5) is 0 Å². The van der Waals surface area contributed by atoms with Crippen LogP contribution in [0.25, 0.3) is 5.65 Å². The summed E-state index contributed by atoms with van der Waals surface area (Å²) in [5.41, 5.74) is 2.61. The Bertz CT molecular complexity index is 554. The Morgan fingerprint density at radius 3 is 2.81 bits per heavy atom. The number of hydrogen-bond donors (Lipinski definition) is 0. The van der Waals surface area contributed by atoms with E-state index >= 15 is 0 Å². The Kier molecular flexibility index (Phi) is 2.39. The third-order valence-electron chi connectivity index (χ3n) is 2.46. The van der Waals surface area contributed by atoms with E-state index in [4.69, 9.17) is 5.26 Å². The highest BCUT2D eigenvalue weighted by molar-refractivity contribution is 5.52. The molecule has 2 heterocycles. The smallest absolute Gasteiger partial charge is 0.159 e. The molecule has 0 aromatic carbocycles. The zero-order valence-electron chi connectivity index (χ0n) is 9.73. The highest BCUT2D eigenvalue weighted by Gasteiger charge is 2.24. The number of fused-ring (bicyclic) bond motifs is 1. The third-order valence-corrected chi connectivity index (χ3v) is 2.46. The van der Waals surface area contributed by atoms with Crippen LogP contribution in [0.5, 0.6) is 0 Å². The largest absolute Gasteiger partial charge is 0.237 e. The average Bonchev–Trinajstić information content (AvgIpc) is 2.58. The van der Waals surface area contributed by atoms with Crippen LogP contribution in [0.3, 0.4) is 0 Å². The van der Waals surface area contributed by atoms with Crippen LogP contribution in [0.2, 0.25) is 0 Å². The molecule has 0 aliphatic rings. The first-order valence-electron chi connectivity index (χ1n) is 5.23. The summed E-state index contributed by atoms with van der Waals surface area (Å²) in [5, 5.41) is 13.4. The molecule has 4 nitrogen and oxygen atoms in total. The number of nitriles is 1. The molecule has 2 rings (SSSR count). The van der Waals surface area contributed by atoms with Gasteiger partial charge in [0.25, 0.3) is 0 Å². The van der Waals surface area contributed by atoms with E-state index in [-0.39, 0.29) is 5.41 Å². The van der Waals surface area contributed by atoms with Gasteiger partial charge >= 0.3 is 0 Å². The SMILES string of the molecule is CC(C)(C)c1nn2cccnc2c1CC#N. The van der Waals surface area contributed by atoms with Gasteiger partial charge in [0.05, 0.1) is 18.2 Å². The molecule has 0 bridgehead atoms. The van der Waals surface area contributed by atoms with E-state index in [2.05, 4.69) is 36.9 Å². The van der Waals surface area contributed by atoms with Gasteiger partial charge < -0.3 is 0 Å². The van der Waals surface area contributed by atoms with Crippen LogP contribution in [0.15, 0.2) is 18.5 Å². The van der Waals surface area contributed by atoms with Crippen LogP contribution in [0.1, 0.15) is 32.0 Å². The number of nitrogens with zero attached hydrogens (tertiary/aromatic N) is 4. The maximum atomic E-state index is 8.87. The highest BCUT2D eigenvalue weighted by atomic mass is 15.3. The Morgan fingerprint density at radius 2 is 2.19 bits per heavy atom. The van der Waals surface area contributed by atoms with Gasteiger partial charge in [0, 0.05) is 23.4 Å². The molecule has 0 radical (unpaired) electrons. The molecule has 0 N–H and O–H groups in total. The fraction of sp³-hybridized carbons (Fsp3) is 0.417. The van der Waals surface area contributed by atoms with E-state index in [0.717, 1.165) is 16.9 Å². The van der Waals surface area contributed by atoms with Crippen LogP contribution < -0.4 is 0 Å². The molecule has 0 spiro atoms. The summed E-state index contributed by atoms with van der Waals surface area (Å²) in [4.78, 5) is 4.28. The number of aromatic nitrogens is 3. The zero-order chi connectivity index (χ0) is 11.8. The first-order valence-corrected chi connectivity index (χ1v) is 5.23. The first kappa shape index (κ1) is 10.6. The van der Waals surface area contributed by atoms with E-state index in [1.165, 1.54) is 0 Å². The summed E-state index contributed by atoms with van der Waals surface area (Å²) in [6, 6.07) is 4.02. The van der Waals surface area contributed by atoms with E-state index in [1.807, 2.05) is 12.3 Å². The van der Waals surface area contributed by atoms with Gasteiger partial charge in [-0.15, -0.1) is 0 Å². The predicted molar refractivity (Wildman–Crippen MR) is 61.0 cm³/mol. The normalized spacial score (nSPS) is 11.6. The van der Waals surface area contributed by atoms with Crippen molar-refractivity contribution in [3.05, 3.63) is 29.7 Å². The second kappa shape index (κ2) is 3.60. The molecule has 0 fully saturated rings. The molecule has 4 heteroatoms. The van der Waals surface area contributed by atoms with Gasteiger partial charge in [-0.05, 0) is 6.07 Å². The fourth-order valence-corrected chi connectivity index (χ4v) is 1.78. The van der Waals surface area contributed by atoms with Crippen molar-refractivity contribution in [2.75, 3.05) is 0 Å². The average molecular weight is 214 g/mol. The maximum Gasteiger partial charge on any atom is 0.159 e. The van der Waals surface area contributed by atoms with Gasteiger partial charge in [0.1, 0.15) is 0 Å². The Hall–Kier alpha value is -1.89. The van der Waals surface area contributed by atoms with Gasteiger partial charge in [-0.1, -0.05) is 20.8 Å². The summed E-state index contributed by atoms with van der Waals surface area (Å²) in [6.45, 7) is 6.28. The maximum absolute atomic E-state index is 8.87. The first-order chi connectivity index (χ1) is 7.54. The lowest BCUT2D eigenvalue weighted by molar-refractivity contribution is 0.558. The standard InChI is InChI=1S/C12H14N4/c1-12(2,3)10-9(5-6-13)11-14-7-4-8-16(11)15-10/h4,7-8H,5H2,1-3H3. The second-order valence-electron chi connectivity index (χ2n) is 4.80. The van der Waals surface area contributed by atoms with Crippen molar-refractivity contribution in [2.24, 2.45) is 0 Å². The van der Waals surface area contributed by atoms with Crippen LogP contribution in [-0.2, 0) is 11.8 Å². The fourth-order valence-electron chi connectivity index (χ4n) is 1.78. The predicted octanol–water partition coefficient (Wildman–Crippen LogP) is 2.09. The van der Waals surface area contributed by atoms with Crippen LogP contribution in [0, 0.1) is 11.3 Å². The molecule has 2 aromatic rings. The Labute approximate surface area is 94.5 Å². The van der Waals surface area contributed by atoms with E-state index in [9.17, 15) is 0 Å². The minimum absolute atomic E-state index is 0.0696. The van der Waals surface area contributed by atoms with Gasteiger partial charge in [-0.25, -0.2) is 9.50 Å². The van der Waals surface area contributed by atoms with Crippen molar-refractivity contribution < 1.29 is 0 Å². The molecule has 0 saturated carbocycles. The van der Waals surface area contributed by atoms with Crippen molar-refractivity contribution in [2.45, 2.75) is 32.6 Å². The summed E-state index contributed by atoms with van der Waals surface area (Å²) in [5.74, 6) is 0. The Balaban J connectivity index is 2.74. The number of hydrogen-bond acceptors (Lipinski definition) is 3. The van der Waals surface area contributed by atoms with Gasteiger partial charge in [-0.3, -0.25) is 0 Å². The lowest BCUT2D eigenvalue weighted by Gasteiger charge is -2.16. The van der Waals surface area contributed by atoms with Crippen molar-refractivity contribution in [1.29, 1.82) is 5.26 Å². The molecular formula is C12H14N4. The van der Waals surface area contributed by atoms with Crippen LogP contribution in [-0.4, -0.2) is 14.6 Å². The molecule has 0 aliphatic carbocycles. The van der Waals surface area contributed by atoms with Crippen molar-refractivity contribution in [3.63, 3.8) is 0 Å². The summed E-state index contributed by atoms with van der Waals surface area (Å²) < 4.78 is 1.74. The third kappa shape index (κ3) is 1.65. The molecular weight excluding hydrogens is 200 g/mol. The highest BCUT2D eigenvalue weighted by Crippen LogP contribution is 2.26. The zero-order valence-corrected chi connectivity index (χ0v) is 9.73. The molecule has 0 saturated heterocycles. The number of rotatable bonds is 1. The van der Waals surface area contributed by atoms with Crippen LogP contribution >= 0.6 is 0 Å². The van der Waals surface area contributed by atoms with E-state index in [0.29, 0.717) is 6.42 Å². The van der Waals surface area contributed by atoms with Crippen molar-refractivity contribution in [3.8, 4) is 6.07 Å². The minimum atomic E-state index is -0.0696. The van der Waals surface area contributed by atoms with E-state index < -0.39 is 0 Å². The summed E-state index contributed by atoms with van der Waals surface area (Å²) in [6.07, 6.45) is 3.94. The second-order valence-corrected chi connectivity index (χ2v) is 4.80. The molecule has 0 aliphatic heterocycles. The summed E-state index contributed by atoms with van der Waals surface area (Å²) in [7, 11) is 0. The van der Waals surface area contributed by atoms with Gasteiger partial charge in [0.15, 0.2) is 5.65 Å². The molecule has 16 heavy (non-hydrogen) atoms. The monoisotopic (exact) mass is 214 g/mol. The molecule has 0 amide bonds. The van der Waals surface area contributed by atoms with Crippen molar-refractivity contribution in [1.82, 2.24) is 14.6 Å². The minimum Gasteiger partial charge on any atom is -0.237 e. The molecule has 2 aromatic heterocycles. The van der Waals surface area contributed by atoms with Gasteiger partial charge in [-0.2, -0.15) is 10.4 Å². The summed E-state index contributed by atoms with van der Waals surface area (Å²) >= 11 is 0. The van der Waals surface area contributed by atoms with E-state index in [1.54, 1.807) is 10.7 Å². The quantitative estimate of drug-likeness (QED) is 0.730. The Morgan fingerprint density at radius 1 is 1.44 bits per heavy atom.